The summed E-state index contributed by atoms with van der Waals surface area (Å²) in [5, 5.41) is 2.61. The average Bonchev–Trinajstić information content (AvgIpc) is 2.87. The molecule has 42 heavy (non-hydrogen) atoms. The monoisotopic (exact) mass is 581 g/mol. The molecule has 224 valence electrons. The van der Waals surface area contributed by atoms with Crippen molar-refractivity contribution in [2.24, 2.45) is 0 Å². The number of hydrogen-bond donors (Lipinski definition) is 3. The molecular weight excluding hydrogens is 546 g/mol. The van der Waals surface area contributed by atoms with Gasteiger partial charge in [0.05, 0.1) is 17.5 Å². The number of ether oxygens (including phenoxy) is 3. The maximum atomic E-state index is 13.0. The summed E-state index contributed by atoms with van der Waals surface area (Å²) >= 11 is 0. The van der Waals surface area contributed by atoms with Crippen molar-refractivity contribution in [1.82, 2.24) is 25.3 Å². The summed E-state index contributed by atoms with van der Waals surface area (Å²) in [6.07, 6.45) is 1.24. The number of nitrogen functional groups attached to an aromatic ring is 2. The van der Waals surface area contributed by atoms with Crippen LogP contribution in [-0.2, 0) is 30.4 Å². The fraction of sp³-hybridized carbons (Fsp3) is 0.429. The van der Waals surface area contributed by atoms with Crippen LogP contribution >= 0.6 is 0 Å². The smallest absolute Gasteiger partial charge is 0.338 e. The van der Waals surface area contributed by atoms with Crippen LogP contribution < -0.4 is 16.8 Å². The number of fused-ring (bicyclic) bond motifs is 1. The predicted octanol–water partition coefficient (Wildman–Crippen LogP) is 2.50. The molecule has 14 heteroatoms. The number of nitrogens with one attached hydrogen (secondary N) is 1. The van der Waals surface area contributed by atoms with Crippen LogP contribution in [0, 0.1) is 0 Å². The minimum atomic E-state index is -1.10. The Labute approximate surface area is 242 Å². The third-order valence-corrected chi connectivity index (χ3v) is 5.29. The first-order valence-electron chi connectivity index (χ1n) is 13.1. The van der Waals surface area contributed by atoms with E-state index in [9.17, 15) is 19.2 Å². The van der Waals surface area contributed by atoms with Gasteiger partial charge < -0.3 is 31.0 Å². The number of hydrogen-bond acceptors (Lipinski definition) is 13. The molecule has 5 N–H and O–H groups in total. The van der Waals surface area contributed by atoms with Gasteiger partial charge in [0.1, 0.15) is 23.9 Å². The number of carbonyl (C=O) groups excluding carboxylic acids is 4. The first kappa shape index (κ1) is 31.6. The molecule has 0 saturated heterocycles. The molecule has 1 atom stereocenters. The van der Waals surface area contributed by atoms with Crippen LogP contribution in [0.15, 0.2) is 30.5 Å². The minimum absolute atomic E-state index is 0.0250. The van der Waals surface area contributed by atoms with Crippen molar-refractivity contribution in [2.75, 3.05) is 11.5 Å². The van der Waals surface area contributed by atoms with Crippen LogP contribution in [0.1, 0.15) is 80.8 Å². The van der Waals surface area contributed by atoms with Gasteiger partial charge in [0.2, 0.25) is 5.95 Å². The SMILES string of the molecule is CC(C)(C)OC(=O)CC[C@H](NC(=O)c1ccc(C(=O)OCc2cnc3nc(N)nc(N)c3n2)cc1)C(=O)OC(C)(C)C. The van der Waals surface area contributed by atoms with Gasteiger partial charge in [-0.2, -0.15) is 9.97 Å². The molecule has 0 unspecified atom stereocenters. The Morgan fingerprint density at radius 3 is 2.12 bits per heavy atom. The third-order valence-electron chi connectivity index (χ3n) is 5.29. The molecule has 0 aliphatic rings. The van der Waals surface area contributed by atoms with Gasteiger partial charge in [-0.3, -0.25) is 9.59 Å². The van der Waals surface area contributed by atoms with E-state index in [4.69, 9.17) is 25.7 Å². The van der Waals surface area contributed by atoms with E-state index in [0.29, 0.717) is 5.69 Å². The zero-order valence-electron chi connectivity index (χ0n) is 24.4. The Bertz CT molecular complexity index is 1480. The number of anilines is 2. The molecule has 1 aromatic carbocycles. The molecule has 2 heterocycles. The van der Waals surface area contributed by atoms with Crippen molar-refractivity contribution in [3.8, 4) is 0 Å². The highest BCUT2D eigenvalue weighted by atomic mass is 16.6. The average molecular weight is 582 g/mol. The molecule has 0 aliphatic heterocycles. The zero-order chi connectivity index (χ0) is 31.2. The molecule has 3 aromatic rings. The lowest BCUT2D eigenvalue weighted by Gasteiger charge is -2.25. The van der Waals surface area contributed by atoms with E-state index in [1.165, 1.54) is 30.5 Å². The van der Waals surface area contributed by atoms with Gasteiger partial charge in [0.25, 0.3) is 5.91 Å². The Morgan fingerprint density at radius 2 is 1.50 bits per heavy atom. The van der Waals surface area contributed by atoms with Crippen LogP contribution in [0.5, 0.6) is 0 Å². The van der Waals surface area contributed by atoms with E-state index in [2.05, 4.69) is 25.3 Å². The fourth-order valence-electron chi connectivity index (χ4n) is 3.55. The first-order valence-corrected chi connectivity index (χ1v) is 13.1. The summed E-state index contributed by atoms with van der Waals surface area (Å²) in [5.41, 5.74) is 11.0. The molecular formula is C28H35N7O7. The molecule has 0 fully saturated rings. The van der Waals surface area contributed by atoms with Crippen LogP contribution in [0.2, 0.25) is 0 Å². The maximum absolute atomic E-state index is 13.0. The highest BCUT2D eigenvalue weighted by Gasteiger charge is 2.28. The van der Waals surface area contributed by atoms with Gasteiger partial charge in [-0.1, -0.05) is 0 Å². The van der Waals surface area contributed by atoms with Gasteiger partial charge in [-0.25, -0.2) is 19.6 Å². The lowest BCUT2D eigenvalue weighted by molar-refractivity contribution is -0.158. The van der Waals surface area contributed by atoms with Crippen molar-refractivity contribution in [2.45, 2.75) is 78.2 Å². The van der Waals surface area contributed by atoms with Crippen LogP contribution in [0.4, 0.5) is 11.8 Å². The minimum Gasteiger partial charge on any atom is -0.460 e. The number of aromatic nitrogens is 4. The summed E-state index contributed by atoms with van der Waals surface area (Å²) in [7, 11) is 0. The first-order chi connectivity index (χ1) is 19.5. The Balaban J connectivity index is 1.63. The molecule has 0 saturated carbocycles. The summed E-state index contributed by atoms with van der Waals surface area (Å²) in [4.78, 5) is 66.7. The molecule has 0 aliphatic carbocycles. The topological polar surface area (TPSA) is 212 Å². The summed E-state index contributed by atoms with van der Waals surface area (Å²) in [6.45, 7) is 10.1. The van der Waals surface area contributed by atoms with E-state index >= 15 is 0 Å². The van der Waals surface area contributed by atoms with E-state index in [-0.39, 0.29) is 53.5 Å². The largest absolute Gasteiger partial charge is 0.460 e. The Hall–Kier alpha value is -4.88. The van der Waals surface area contributed by atoms with Crippen LogP contribution in [0.3, 0.4) is 0 Å². The molecule has 2 aromatic heterocycles. The Kier molecular flexibility index (Phi) is 9.60. The Morgan fingerprint density at radius 1 is 0.881 bits per heavy atom. The van der Waals surface area contributed by atoms with Gasteiger partial charge in [0.15, 0.2) is 17.0 Å². The number of esters is 3. The van der Waals surface area contributed by atoms with Crippen molar-refractivity contribution in [3.05, 3.63) is 47.3 Å². The predicted molar refractivity (Wildman–Crippen MR) is 152 cm³/mol. The van der Waals surface area contributed by atoms with Crippen molar-refractivity contribution in [1.29, 1.82) is 0 Å². The van der Waals surface area contributed by atoms with Crippen LogP contribution in [-0.4, -0.2) is 61.0 Å². The van der Waals surface area contributed by atoms with E-state index in [1.54, 1.807) is 41.5 Å². The van der Waals surface area contributed by atoms with Gasteiger partial charge in [-0.15, -0.1) is 0 Å². The second-order valence-corrected chi connectivity index (χ2v) is 11.3. The highest BCUT2D eigenvalue weighted by Crippen LogP contribution is 2.17. The van der Waals surface area contributed by atoms with Crippen molar-refractivity contribution < 1.29 is 33.4 Å². The van der Waals surface area contributed by atoms with Crippen LogP contribution in [0.25, 0.3) is 11.2 Å². The lowest BCUT2D eigenvalue weighted by Crippen LogP contribution is -2.44. The lowest BCUT2D eigenvalue weighted by atomic mass is 10.1. The maximum Gasteiger partial charge on any atom is 0.338 e. The molecule has 0 bridgehead atoms. The quantitative estimate of drug-likeness (QED) is 0.245. The second kappa shape index (κ2) is 12.7. The fourth-order valence-corrected chi connectivity index (χ4v) is 3.55. The normalized spacial score (nSPS) is 12.3. The molecule has 14 nitrogen and oxygen atoms in total. The van der Waals surface area contributed by atoms with E-state index in [0.717, 1.165) is 0 Å². The van der Waals surface area contributed by atoms with Gasteiger partial charge >= 0.3 is 17.9 Å². The highest BCUT2D eigenvalue weighted by molar-refractivity contribution is 5.98. The molecule has 3 rings (SSSR count). The number of nitrogens with two attached hydrogens (primary N) is 2. The number of amides is 1. The molecule has 1 amide bonds. The third kappa shape index (κ3) is 9.35. The molecule has 0 spiro atoms. The number of carbonyl (C=O) groups is 4. The van der Waals surface area contributed by atoms with Gasteiger partial charge in [0, 0.05) is 12.0 Å². The van der Waals surface area contributed by atoms with Crippen molar-refractivity contribution >= 4 is 46.7 Å². The van der Waals surface area contributed by atoms with Crippen molar-refractivity contribution in [3.63, 3.8) is 0 Å². The zero-order valence-corrected chi connectivity index (χ0v) is 24.4. The number of nitrogens with zero attached hydrogens (tertiary/aromatic N) is 4. The number of rotatable bonds is 9. The summed E-state index contributed by atoms with van der Waals surface area (Å²) < 4.78 is 16.0. The summed E-state index contributed by atoms with van der Waals surface area (Å²) in [6, 6.07) is 4.52. The standard InChI is InChI=1S/C28H35N7O7/c1-27(2,3)41-19(36)12-11-18(25(39)42-28(4,5)6)33-23(37)15-7-9-16(10-8-15)24(38)40-14-17-13-31-22-20(32-17)21(29)34-26(30)35-22/h7-10,13,18H,11-12,14H2,1-6H3,(H,33,37)(H4,29,30,31,34,35)/t18-/m0/s1. The molecule has 0 radical (unpaired) electrons. The van der Waals surface area contributed by atoms with Gasteiger partial charge in [-0.05, 0) is 72.2 Å². The number of benzene rings is 1. The van der Waals surface area contributed by atoms with E-state index in [1.807, 2.05) is 0 Å². The second-order valence-electron chi connectivity index (χ2n) is 11.3. The summed E-state index contributed by atoms with van der Waals surface area (Å²) in [5.74, 6) is -2.45. The van der Waals surface area contributed by atoms with E-state index < -0.39 is 41.1 Å².